The quantitative estimate of drug-likeness (QED) is 0.380. The van der Waals surface area contributed by atoms with Crippen molar-refractivity contribution < 1.29 is 13.9 Å². The fourth-order valence-corrected chi connectivity index (χ4v) is 0.606. The van der Waals surface area contributed by atoms with E-state index in [1.165, 1.54) is 0 Å². The number of carbonyl (C=O) groups is 1. The molecule has 0 rings (SSSR count). The normalized spacial score (nSPS) is 9.17. The minimum Gasteiger partial charge on any atom is -0.445 e. The zero-order valence-corrected chi connectivity index (χ0v) is 6.96. The lowest BCUT2D eigenvalue weighted by Gasteiger charge is -2.10. The van der Waals surface area contributed by atoms with Crippen molar-refractivity contribution >= 4 is 17.7 Å². The third-order valence-corrected chi connectivity index (χ3v) is 1.08. The van der Waals surface area contributed by atoms with E-state index in [4.69, 9.17) is 11.6 Å². The van der Waals surface area contributed by atoms with Gasteiger partial charge in [0.05, 0.1) is 11.8 Å². The van der Waals surface area contributed by atoms with Crippen molar-refractivity contribution in [3.8, 4) is 0 Å². The van der Waals surface area contributed by atoms with Crippen LogP contribution in [0.1, 0.15) is 0 Å². The Hall–Kier alpha value is -0.910. The Morgan fingerprint density at radius 1 is 1.67 bits per heavy atom. The number of nitroso groups, excluding NO2 is 1. The topological polar surface area (TPSA) is 59.0 Å². The van der Waals surface area contributed by atoms with Gasteiger partial charge >= 0.3 is 6.09 Å². The van der Waals surface area contributed by atoms with E-state index >= 15 is 0 Å². The number of hydrogen-bond acceptors (Lipinski definition) is 4. The van der Waals surface area contributed by atoms with E-state index in [1.54, 1.807) is 0 Å². The molecule has 12 heavy (non-hydrogen) atoms. The van der Waals surface area contributed by atoms with Crippen LogP contribution in [0.15, 0.2) is 5.29 Å². The molecule has 0 N–H and O–H groups in total. The lowest BCUT2D eigenvalue weighted by atomic mass is 10.7. The van der Waals surface area contributed by atoms with Gasteiger partial charge in [-0.25, -0.2) is 9.18 Å². The van der Waals surface area contributed by atoms with Gasteiger partial charge in [0.25, 0.3) is 0 Å². The van der Waals surface area contributed by atoms with Gasteiger partial charge in [-0.15, -0.1) is 16.5 Å². The second kappa shape index (κ2) is 6.78. The van der Waals surface area contributed by atoms with Crippen LogP contribution in [0.4, 0.5) is 9.18 Å². The van der Waals surface area contributed by atoms with E-state index in [-0.39, 0.29) is 19.0 Å². The van der Waals surface area contributed by atoms with Crippen LogP contribution in [0.5, 0.6) is 0 Å². The van der Waals surface area contributed by atoms with Crippen LogP contribution in [0.3, 0.4) is 0 Å². The molecule has 0 aromatic rings. The molecule has 0 saturated carbocycles. The summed E-state index contributed by atoms with van der Waals surface area (Å²) >= 11 is 5.23. The maximum Gasteiger partial charge on any atom is 0.433 e. The van der Waals surface area contributed by atoms with Gasteiger partial charge in [0.15, 0.2) is 0 Å². The molecule has 0 aliphatic rings. The lowest BCUT2D eigenvalue weighted by Crippen LogP contribution is -2.28. The molecule has 0 heterocycles. The van der Waals surface area contributed by atoms with E-state index in [1.807, 2.05) is 0 Å². The average molecular weight is 199 g/mol. The molecule has 0 bridgehead atoms. The molecule has 0 aromatic carbocycles. The molecule has 0 aromatic heterocycles. The molecular weight excluding hydrogens is 191 g/mol. The first-order valence-corrected chi connectivity index (χ1v) is 3.69. The van der Waals surface area contributed by atoms with Crippen molar-refractivity contribution in [3.05, 3.63) is 4.91 Å². The third kappa shape index (κ3) is 4.07. The van der Waals surface area contributed by atoms with E-state index in [0.29, 0.717) is 5.01 Å². The van der Waals surface area contributed by atoms with E-state index in [2.05, 4.69) is 10.0 Å². The molecule has 0 aliphatic heterocycles. The SMILES string of the molecule is O=NN(CCCl)C(=O)OCCF. The molecule has 70 valence electrons. The molecular formula is C5H8ClFN2O3. The zero-order valence-electron chi connectivity index (χ0n) is 6.20. The molecule has 0 fully saturated rings. The minimum atomic E-state index is -0.983. The van der Waals surface area contributed by atoms with Gasteiger partial charge in [0, 0.05) is 5.88 Å². The fourth-order valence-electron chi connectivity index (χ4n) is 0.446. The van der Waals surface area contributed by atoms with Crippen LogP contribution in [0, 0.1) is 4.91 Å². The molecule has 0 aliphatic carbocycles. The van der Waals surface area contributed by atoms with Gasteiger partial charge in [-0.2, -0.15) is 5.01 Å². The van der Waals surface area contributed by atoms with E-state index < -0.39 is 12.8 Å². The van der Waals surface area contributed by atoms with Crippen molar-refractivity contribution in [3.63, 3.8) is 0 Å². The van der Waals surface area contributed by atoms with Gasteiger partial charge in [0.1, 0.15) is 13.3 Å². The number of alkyl halides is 2. The number of halogens is 2. The van der Waals surface area contributed by atoms with Crippen molar-refractivity contribution in [2.24, 2.45) is 5.29 Å². The van der Waals surface area contributed by atoms with Gasteiger partial charge in [-0.05, 0) is 0 Å². The predicted octanol–water partition coefficient (Wildman–Crippen LogP) is 1.31. The van der Waals surface area contributed by atoms with Gasteiger partial charge < -0.3 is 4.74 Å². The maximum absolute atomic E-state index is 11.5. The van der Waals surface area contributed by atoms with Crippen molar-refractivity contribution in [1.82, 2.24) is 5.01 Å². The number of hydrogen-bond donors (Lipinski definition) is 0. The summed E-state index contributed by atoms with van der Waals surface area (Å²) in [6.45, 7) is -1.22. The molecule has 1 amide bonds. The number of nitrogens with zero attached hydrogens (tertiary/aromatic N) is 2. The zero-order chi connectivity index (χ0) is 9.40. The second-order valence-electron chi connectivity index (χ2n) is 1.70. The summed E-state index contributed by atoms with van der Waals surface area (Å²) in [5.74, 6) is 0.0659. The molecule has 0 atom stereocenters. The standard InChI is InChI=1S/C5H8ClFN2O3/c6-1-3-9(8-11)5(10)12-4-2-7/h1-4H2. The van der Waals surface area contributed by atoms with Crippen molar-refractivity contribution in [2.45, 2.75) is 0 Å². The number of carbonyl (C=O) groups excluding carboxylic acids is 1. The summed E-state index contributed by atoms with van der Waals surface area (Å²) in [5, 5.41) is 2.82. The largest absolute Gasteiger partial charge is 0.445 e. The summed E-state index contributed by atoms with van der Waals surface area (Å²) in [5.41, 5.74) is 0. The Morgan fingerprint density at radius 2 is 2.33 bits per heavy atom. The van der Waals surface area contributed by atoms with Gasteiger partial charge in [-0.1, -0.05) is 0 Å². The van der Waals surface area contributed by atoms with Crippen molar-refractivity contribution in [1.29, 1.82) is 0 Å². The second-order valence-corrected chi connectivity index (χ2v) is 2.08. The summed E-state index contributed by atoms with van der Waals surface area (Å²) in [6.07, 6.45) is -0.983. The molecule has 5 nitrogen and oxygen atoms in total. The average Bonchev–Trinajstić information content (AvgIpc) is 2.10. The van der Waals surface area contributed by atoms with Gasteiger partial charge in [0.2, 0.25) is 0 Å². The van der Waals surface area contributed by atoms with Crippen LogP contribution in [0.25, 0.3) is 0 Å². The van der Waals surface area contributed by atoms with Gasteiger partial charge in [-0.3, -0.25) is 0 Å². The minimum absolute atomic E-state index is 0.0455. The first kappa shape index (κ1) is 11.1. The lowest BCUT2D eigenvalue weighted by molar-refractivity contribution is 0.0988. The van der Waals surface area contributed by atoms with Crippen molar-refractivity contribution in [2.75, 3.05) is 25.7 Å². The first-order chi connectivity index (χ1) is 5.76. The molecule has 7 heteroatoms. The highest BCUT2D eigenvalue weighted by Crippen LogP contribution is 1.95. The summed E-state index contributed by atoms with van der Waals surface area (Å²) in [4.78, 5) is 20.6. The number of rotatable bonds is 5. The molecule has 0 saturated heterocycles. The van der Waals surface area contributed by atoms with E-state index in [0.717, 1.165) is 0 Å². The van der Waals surface area contributed by atoms with Crippen LogP contribution >= 0.6 is 11.6 Å². The monoisotopic (exact) mass is 198 g/mol. The number of amides is 1. The summed E-state index contributed by atoms with van der Waals surface area (Å²) < 4.78 is 15.7. The Balaban J connectivity index is 3.77. The smallest absolute Gasteiger partial charge is 0.433 e. The Bertz CT molecular complexity index is 158. The Labute approximate surface area is 73.4 Å². The van der Waals surface area contributed by atoms with Crippen LogP contribution in [-0.4, -0.2) is 36.8 Å². The highest BCUT2D eigenvalue weighted by atomic mass is 35.5. The Morgan fingerprint density at radius 3 is 2.75 bits per heavy atom. The van der Waals surface area contributed by atoms with Crippen LogP contribution < -0.4 is 0 Å². The van der Waals surface area contributed by atoms with Crippen LogP contribution in [0.2, 0.25) is 0 Å². The fraction of sp³-hybridized carbons (Fsp3) is 0.800. The number of ether oxygens (including phenoxy) is 1. The maximum atomic E-state index is 11.5. The van der Waals surface area contributed by atoms with Crippen LogP contribution in [-0.2, 0) is 4.74 Å². The Kier molecular flexibility index (Phi) is 6.26. The molecule has 0 radical (unpaired) electrons. The predicted molar refractivity (Wildman–Crippen MR) is 40.5 cm³/mol. The first-order valence-electron chi connectivity index (χ1n) is 3.15. The highest BCUT2D eigenvalue weighted by molar-refractivity contribution is 6.18. The summed E-state index contributed by atoms with van der Waals surface area (Å²) in [6, 6.07) is 0. The summed E-state index contributed by atoms with van der Waals surface area (Å²) in [7, 11) is 0. The third-order valence-electron chi connectivity index (χ3n) is 0.908. The molecule has 0 spiro atoms. The highest BCUT2D eigenvalue weighted by Gasteiger charge is 2.13. The molecule has 0 unspecified atom stereocenters. The van der Waals surface area contributed by atoms with E-state index in [9.17, 15) is 14.1 Å².